The van der Waals surface area contributed by atoms with Gasteiger partial charge in [-0.25, -0.2) is 9.66 Å². The molecule has 0 aliphatic heterocycles. The maximum absolute atomic E-state index is 12.8. The number of nitrogens with zero attached hydrogens (tertiary/aromatic N) is 5. The average Bonchev–Trinajstić information content (AvgIpc) is 3.20. The van der Waals surface area contributed by atoms with E-state index in [1.165, 1.54) is 41.3 Å². The molecule has 3 aromatic rings. The first kappa shape index (κ1) is 18.0. The summed E-state index contributed by atoms with van der Waals surface area (Å²) >= 11 is 1.09. The lowest BCUT2D eigenvalue weighted by molar-refractivity contribution is -0.0498. The van der Waals surface area contributed by atoms with Gasteiger partial charge in [-0.15, -0.1) is 10.2 Å². The van der Waals surface area contributed by atoms with Gasteiger partial charge in [-0.2, -0.15) is 17.6 Å². The predicted molar refractivity (Wildman–Crippen MR) is 85.3 cm³/mol. The summed E-state index contributed by atoms with van der Waals surface area (Å²) in [5.41, 5.74) is 0.530. The average molecular weight is 388 g/mol. The Morgan fingerprint density at radius 3 is 2.50 bits per heavy atom. The molecule has 0 aliphatic rings. The Hall–Kier alpha value is -2.76. The fourth-order valence-corrected chi connectivity index (χ4v) is 2.93. The predicted octanol–water partition coefficient (Wildman–Crippen LogP) is 3.14. The van der Waals surface area contributed by atoms with Gasteiger partial charge in [0.1, 0.15) is 11.6 Å². The maximum Gasteiger partial charge on any atom is 0.387 e. The van der Waals surface area contributed by atoms with Crippen LogP contribution in [0, 0.1) is 0 Å². The Balaban J connectivity index is 1.72. The Kier molecular flexibility index (Phi) is 5.30. The van der Waals surface area contributed by atoms with E-state index in [0.29, 0.717) is 5.56 Å². The molecule has 0 saturated carbocycles. The number of alkyl halides is 4. The summed E-state index contributed by atoms with van der Waals surface area (Å²) in [4.78, 5) is 3.87. The van der Waals surface area contributed by atoms with Gasteiger partial charge in [0, 0.05) is 18.0 Å². The monoisotopic (exact) mass is 388 g/mol. The highest BCUT2D eigenvalue weighted by Gasteiger charge is 2.16. The van der Waals surface area contributed by atoms with Gasteiger partial charge in [0.05, 0.1) is 5.75 Å². The second kappa shape index (κ2) is 7.64. The number of ether oxygens (including phenoxy) is 1. The minimum Gasteiger partial charge on any atom is -0.435 e. The Bertz CT molecular complexity index is 867. The quantitative estimate of drug-likeness (QED) is 0.380. The third kappa shape index (κ3) is 3.90. The van der Waals surface area contributed by atoms with Crippen molar-refractivity contribution in [3.8, 4) is 17.1 Å². The van der Waals surface area contributed by atoms with Crippen LogP contribution in [0.25, 0.3) is 11.4 Å². The second-order valence-corrected chi connectivity index (χ2v) is 5.84. The van der Waals surface area contributed by atoms with Crippen molar-refractivity contribution in [2.45, 2.75) is 24.1 Å². The molecule has 3 rings (SSSR count). The molecule has 138 valence electrons. The summed E-state index contributed by atoms with van der Waals surface area (Å²) in [6.45, 7) is -5.60. The number of imidazole rings is 1. The van der Waals surface area contributed by atoms with Gasteiger partial charge in [0.15, 0.2) is 5.82 Å². The molecule has 26 heavy (non-hydrogen) atoms. The van der Waals surface area contributed by atoms with E-state index in [1.54, 1.807) is 0 Å². The maximum atomic E-state index is 12.8. The van der Waals surface area contributed by atoms with Crippen LogP contribution in [0.4, 0.5) is 17.6 Å². The first-order valence-corrected chi connectivity index (χ1v) is 8.12. The molecular formula is C14H12F4N6OS. The topological polar surface area (TPSA) is 83.8 Å². The van der Waals surface area contributed by atoms with Crippen LogP contribution >= 0.6 is 11.8 Å². The lowest BCUT2D eigenvalue weighted by Gasteiger charge is -2.07. The fraction of sp³-hybridized carbons (Fsp3) is 0.214. The zero-order valence-electron chi connectivity index (χ0n) is 13.0. The van der Waals surface area contributed by atoms with Crippen molar-refractivity contribution in [1.29, 1.82) is 0 Å². The van der Waals surface area contributed by atoms with Crippen molar-refractivity contribution >= 4 is 11.8 Å². The third-order valence-electron chi connectivity index (χ3n) is 3.29. The van der Waals surface area contributed by atoms with Crippen LogP contribution < -0.4 is 10.6 Å². The summed E-state index contributed by atoms with van der Waals surface area (Å²) in [6.07, 6.45) is 2.46. The van der Waals surface area contributed by atoms with Gasteiger partial charge in [0.2, 0.25) is 5.16 Å². The number of hydrogen-bond acceptors (Lipinski definition) is 6. The molecule has 12 heteroatoms. The van der Waals surface area contributed by atoms with Crippen molar-refractivity contribution in [2.75, 3.05) is 5.84 Å². The summed E-state index contributed by atoms with van der Waals surface area (Å²) in [7, 11) is 0. The van der Waals surface area contributed by atoms with E-state index in [9.17, 15) is 17.6 Å². The molecule has 0 aliphatic carbocycles. The largest absolute Gasteiger partial charge is 0.435 e. The zero-order chi connectivity index (χ0) is 18.7. The van der Waals surface area contributed by atoms with Gasteiger partial charge in [-0.1, -0.05) is 11.8 Å². The summed E-state index contributed by atoms with van der Waals surface area (Å²) in [6, 6.07) is 5.71. The van der Waals surface area contributed by atoms with Crippen molar-refractivity contribution in [2.24, 2.45) is 0 Å². The number of aromatic nitrogens is 5. The minimum absolute atomic E-state index is 0.000251. The zero-order valence-corrected chi connectivity index (χ0v) is 13.8. The van der Waals surface area contributed by atoms with Gasteiger partial charge >= 0.3 is 13.2 Å². The van der Waals surface area contributed by atoms with Crippen molar-refractivity contribution in [3.63, 3.8) is 0 Å². The Morgan fingerprint density at radius 1 is 1.12 bits per heavy atom. The molecule has 0 bridgehead atoms. The molecule has 0 radical (unpaired) electrons. The van der Waals surface area contributed by atoms with Crippen LogP contribution in [0.1, 0.15) is 12.4 Å². The van der Waals surface area contributed by atoms with Crippen molar-refractivity contribution in [1.82, 2.24) is 24.4 Å². The van der Waals surface area contributed by atoms with Crippen molar-refractivity contribution < 1.29 is 22.3 Å². The summed E-state index contributed by atoms with van der Waals surface area (Å²) in [5.74, 6) is 6.51. The smallest absolute Gasteiger partial charge is 0.387 e. The molecule has 2 aromatic heterocycles. The molecule has 0 spiro atoms. The van der Waals surface area contributed by atoms with Crippen LogP contribution in [0.15, 0.2) is 41.8 Å². The number of thioether (sulfide) groups is 1. The highest BCUT2D eigenvalue weighted by molar-refractivity contribution is 7.98. The lowest BCUT2D eigenvalue weighted by Crippen LogP contribution is -2.12. The number of hydrogen-bond donors (Lipinski definition) is 1. The van der Waals surface area contributed by atoms with Crippen LogP contribution in [-0.4, -0.2) is 31.0 Å². The SMILES string of the molecule is Nn1c(SCc2nccn2C(F)F)nnc1-c1ccc(OC(F)F)cc1. The minimum atomic E-state index is -2.91. The van der Waals surface area contributed by atoms with E-state index in [-0.39, 0.29) is 28.3 Å². The normalized spacial score (nSPS) is 11.5. The highest BCUT2D eigenvalue weighted by atomic mass is 32.2. The summed E-state index contributed by atoms with van der Waals surface area (Å²) in [5, 5.41) is 8.14. The number of nitrogens with two attached hydrogens (primary N) is 1. The first-order chi connectivity index (χ1) is 12.5. The van der Waals surface area contributed by atoms with E-state index in [2.05, 4.69) is 19.9 Å². The lowest BCUT2D eigenvalue weighted by atomic mass is 10.2. The van der Waals surface area contributed by atoms with E-state index in [4.69, 9.17) is 5.84 Å². The van der Waals surface area contributed by atoms with Crippen LogP contribution in [0.5, 0.6) is 5.75 Å². The Morgan fingerprint density at radius 2 is 1.85 bits per heavy atom. The van der Waals surface area contributed by atoms with Crippen LogP contribution in [-0.2, 0) is 5.75 Å². The van der Waals surface area contributed by atoms with Crippen LogP contribution in [0.3, 0.4) is 0 Å². The van der Waals surface area contributed by atoms with Crippen molar-refractivity contribution in [3.05, 3.63) is 42.5 Å². The van der Waals surface area contributed by atoms with Gasteiger partial charge in [0.25, 0.3) is 0 Å². The van der Waals surface area contributed by atoms with E-state index >= 15 is 0 Å². The molecule has 2 N–H and O–H groups in total. The molecular weight excluding hydrogens is 376 g/mol. The molecule has 1 aromatic carbocycles. The highest BCUT2D eigenvalue weighted by Crippen LogP contribution is 2.26. The molecule has 0 unspecified atom stereocenters. The van der Waals surface area contributed by atoms with Gasteiger partial charge in [-0.05, 0) is 24.3 Å². The molecule has 7 nitrogen and oxygen atoms in total. The first-order valence-electron chi connectivity index (χ1n) is 7.14. The third-order valence-corrected chi connectivity index (χ3v) is 4.23. The van der Waals surface area contributed by atoms with Gasteiger partial charge < -0.3 is 10.6 Å². The molecule has 0 fully saturated rings. The van der Waals surface area contributed by atoms with E-state index < -0.39 is 13.2 Å². The van der Waals surface area contributed by atoms with Gasteiger partial charge in [-0.3, -0.25) is 4.57 Å². The Labute approximate surface area is 148 Å². The molecule has 2 heterocycles. The molecule has 0 saturated heterocycles. The number of rotatable bonds is 7. The van der Waals surface area contributed by atoms with E-state index in [0.717, 1.165) is 16.3 Å². The number of benzene rings is 1. The number of halogens is 4. The molecule has 0 atom stereocenters. The summed E-state index contributed by atoms with van der Waals surface area (Å²) < 4.78 is 56.1. The fourth-order valence-electron chi connectivity index (χ4n) is 2.12. The standard InChI is InChI=1S/C14H12F4N6OS/c15-12(16)23-6-5-20-10(23)7-26-14-22-21-11(24(14)19)8-1-3-9(4-2-8)25-13(17)18/h1-6,12-13H,7,19H2. The second-order valence-electron chi connectivity index (χ2n) is 4.90. The van der Waals surface area contributed by atoms with E-state index in [1.807, 2.05) is 0 Å². The molecule has 0 amide bonds. The number of nitrogen functional groups attached to an aromatic ring is 1. The van der Waals surface area contributed by atoms with Crippen LogP contribution in [0.2, 0.25) is 0 Å².